The Morgan fingerprint density at radius 3 is 2.18 bits per heavy atom. The standard InChI is InChI=1S/C26H33N3O4/c1-5-19-16-20(29-17-18-14-24(30-2)26(32-4)25(15-18)31-3)10-11-23(19)33-13-12-28-22-9-7-6-8-21(22)27/h6-11,14-16,28-29H,5,12-13,17,27H2,1-4H3. The van der Waals surface area contributed by atoms with Crippen molar-refractivity contribution < 1.29 is 18.9 Å². The van der Waals surface area contributed by atoms with Crippen LogP contribution in [0.4, 0.5) is 17.1 Å². The molecule has 0 unspecified atom stereocenters. The van der Waals surface area contributed by atoms with Crippen molar-refractivity contribution in [2.24, 2.45) is 0 Å². The Hall–Kier alpha value is -3.74. The monoisotopic (exact) mass is 451 g/mol. The lowest BCUT2D eigenvalue weighted by Crippen LogP contribution is -2.13. The van der Waals surface area contributed by atoms with E-state index in [0.717, 1.165) is 40.4 Å². The minimum Gasteiger partial charge on any atom is -0.493 e. The third-order valence-corrected chi connectivity index (χ3v) is 5.30. The molecule has 0 aliphatic carbocycles. The summed E-state index contributed by atoms with van der Waals surface area (Å²) in [4.78, 5) is 0. The molecule has 7 nitrogen and oxygen atoms in total. The molecule has 0 radical (unpaired) electrons. The highest BCUT2D eigenvalue weighted by Crippen LogP contribution is 2.38. The molecule has 0 fully saturated rings. The topological polar surface area (TPSA) is 87.0 Å². The second kappa shape index (κ2) is 11.8. The number of hydrogen-bond acceptors (Lipinski definition) is 7. The van der Waals surface area contributed by atoms with Crippen molar-refractivity contribution in [3.05, 3.63) is 65.7 Å². The predicted octanol–water partition coefficient (Wildman–Crippen LogP) is 4.96. The van der Waals surface area contributed by atoms with Crippen molar-refractivity contribution in [3.63, 3.8) is 0 Å². The molecule has 0 saturated carbocycles. The van der Waals surface area contributed by atoms with Crippen LogP contribution in [0.1, 0.15) is 18.1 Å². The van der Waals surface area contributed by atoms with Crippen LogP contribution >= 0.6 is 0 Å². The number of nitrogen functional groups attached to an aromatic ring is 1. The van der Waals surface area contributed by atoms with Gasteiger partial charge in [-0.15, -0.1) is 0 Å². The molecular weight excluding hydrogens is 418 g/mol. The van der Waals surface area contributed by atoms with Crippen molar-refractivity contribution in [2.45, 2.75) is 19.9 Å². The van der Waals surface area contributed by atoms with Crippen molar-refractivity contribution in [2.75, 3.05) is 50.8 Å². The number of nitrogens with two attached hydrogens (primary N) is 1. The van der Waals surface area contributed by atoms with Crippen molar-refractivity contribution in [1.82, 2.24) is 0 Å². The molecule has 3 aromatic carbocycles. The first-order valence-corrected chi connectivity index (χ1v) is 11.0. The van der Waals surface area contributed by atoms with Crippen LogP contribution in [0.25, 0.3) is 0 Å². The number of methoxy groups -OCH3 is 3. The zero-order valence-electron chi connectivity index (χ0n) is 19.7. The van der Waals surface area contributed by atoms with Crippen molar-refractivity contribution in [3.8, 4) is 23.0 Å². The van der Waals surface area contributed by atoms with Crippen LogP contribution < -0.4 is 35.3 Å². The van der Waals surface area contributed by atoms with Crippen LogP contribution in [0.3, 0.4) is 0 Å². The number of nitrogens with one attached hydrogen (secondary N) is 2. The Morgan fingerprint density at radius 1 is 0.818 bits per heavy atom. The summed E-state index contributed by atoms with van der Waals surface area (Å²) >= 11 is 0. The van der Waals surface area contributed by atoms with E-state index in [2.05, 4.69) is 23.6 Å². The van der Waals surface area contributed by atoms with Gasteiger partial charge in [-0.3, -0.25) is 0 Å². The molecule has 33 heavy (non-hydrogen) atoms. The summed E-state index contributed by atoms with van der Waals surface area (Å²) in [6.45, 7) is 3.94. The molecule has 0 spiro atoms. The van der Waals surface area contributed by atoms with Gasteiger partial charge in [-0.2, -0.15) is 0 Å². The second-order valence-electron chi connectivity index (χ2n) is 7.43. The van der Waals surface area contributed by atoms with Gasteiger partial charge in [0.25, 0.3) is 0 Å². The molecule has 0 amide bonds. The lowest BCUT2D eigenvalue weighted by atomic mass is 10.1. The Labute approximate surface area is 195 Å². The second-order valence-corrected chi connectivity index (χ2v) is 7.43. The Morgan fingerprint density at radius 2 is 1.55 bits per heavy atom. The maximum atomic E-state index is 6.02. The molecule has 0 saturated heterocycles. The molecule has 0 atom stereocenters. The Bertz CT molecular complexity index is 1030. The van der Waals surface area contributed by atoms with Crippen LogP contribution in [0.15, 0.2) is 54.6 Å². The molecule has 4 N–H and O–H groups in total. The average Bonchev–Trinajstić information content (AvgIpc) is 2.85. The number of aryl methyl sites for hydroxylation is 1. The van der Waals surface area contributed by atoms with E-state index in [9.17, 15) is 0 Å². The molecule has 176 valence electrons. The summed E-state index contributed by atoms with van der Waals surface area (Å²) in [5.74, 6) is 2.75. The van der Waals surface area contributed by atoms with Gasteiger partial charge in [-0.05, 0) is 60.0 Å². The van der Waals surface area contributed by atoms with Crippen LogP contribution in [-0.2, 0) is 13.0 Å². The zero-order valence-corrected chi connectivity index (χ0v) is 19.7. The Kier molecular flexibility index (Phi) is 8.52. The van der Waals surface area contributed by atoms with Crippen LogP contribution in [-0.4, -0.2) is 34.5 Å². The summed E-state index contributed by atoms with van der Waals surface area (Å²) in [7, 11) is 4.83. The van der Waals surface area contributed by atoms with Gasteiger partial charge in [-0.25, -0.2) is 0 Å². The van der Waals surface area contributed by atoms with Crippen LogP contribution in [0.5, 0.6) is 23.0 Å². The number of hydrogen-bond donors (Lipinski definition) is 3. The molecule has 0 aliphatic heterocycles. The van der Waals surface area contributed by atoms with Gasteiger partial charge in [0.1, 0.15) is 12.4 Å². The van der Waals surface area contributed by atoms with Gasteiger partial charge in [0.2, 0.25) is 5.75 Å². The minimum atomic E-state index is 0.541. The van der Waals surface area contributed by atoms with Crippen LogP contribution in [0.2, 0.25) is 0 Å². The average molecular weight is 452 g/mol. The van der Waals surface area contributed by atoms with Crippen molar-refractivity contribution >= 4 is 17.1 Å². The lowest BCUT2D eigenvalue weighted by Gasteiger charge is -2.16. The smallest absolute Gasteiger partial charge is 0.203 e. The maximum Gasteiger partial charge on any atom is 0.203 e. The van der Waals surface area contributed by atoms with E-state index < -0.39 is 0 Å². The molecule has 7 heteroatoms. The van der Waals surface area contributed by atoms with Gasteiger partial charge in [-0.1, -0.05) is 19.1 Å². The highest BCUT2D eigenvalue weighted by molar-refractivity contribution is 5.65. The number of ether oxygens (including phenoxy) is 4. The third kappa shape index (κ3) is 6.16. The van der Waals surface area contributed by atoms with Gasteiger partial charge in [0.05, 0.1) is 32.7 Å². The fraction of sp³-hybridized carbons (Fsp3) is 0.308. The van der Waals surface area contributed by atoms with E-state index in [1.165, 1.54) is 0 Å². The first kappa shape index (κ1) is 23.9. The quantitative estimate of drug-likeness (QED) is 0.265. The maximum absolute atomic E-state index is 6.02. The van der Waals surface area contributed by atoms with E-state index in [-0.39, 0.29) is 0 Å². The number of para-hydroxylation sites is 2. The third-order valence-electron chi connectivity index (χ3n) is 5.30. The van der Waals surface area contributed by atoms with Crippen molar-refractivity contribution in [1.29, 1.82) is 0 Å². The molecule has 3 aromatic rings. The number of benzene rings is 3. The van der Waals surface area contributed by atoms with E-state index in [0.29, 0.717) is 36.9 Å². The summed E-state index contributed by atoms with van der Waals surface area (Å²) in [6, 6.07) is 17.8. The fourth-order valence-electron chi connectivity index (χ4n) is 3.55. The molecule has 0 aliphatic rings. The number of anilines is 3. The Balaban J connectivity index is 1.60. The molecule has 0 aromatic heterocycles. The predicted molar refractivity (Wildman–Crippen MR) is 134 cm³/mol. The highest BCUT2D eigenvalue weighted by Gasteiger charge is 2.13. The fourth-order valence-corrected chi connectivity index (χ4v) is 3.55. The molecule has 0 bridgehead atoms. The van der Waals surface area contributed by atoms with Crippen LogP contribution in [0, 0.1) is 0 Å². The van der Waals surface area contributed by atoms with E-state index in [1.807, 2.05) is 48.5 Å². The van der Waals surface area contributed by atoms with E-state index in [1.54, 1.807) is 21.3 Å². The number of rotatable bonds is 12. The summed E-state index contributed by atoms with van der Waals surface area (Å²) in [5, 5.41) is 6.77. The summed E-state index contributed by atoms with van der Waals surface area (Å²) < 4.78 is 22.3. The molecule has 3 rings (SSSR count). The largest absolute Gasteiger partial charge is 0.493 e. The first-order chi connectivity index (χ1) is 16.1. The first-order valence-electron chi connectivity index (χ1n) is 11.0. The molecule has 0 heterocycles. The van der Waals surface area contributed by atoms with Gasteiger partial charge < -0.3 is 35.3 Å². The summed E-state index contributed by atoms with van der Waals surface area (Å²) in [5.41, 5.74) is 10.8. The summed E-state index contributed by atoms with van der Waals surface area (Å²) in [6.07, 6.45) is 0.869. The van der Waals surface area contributed by atoms with Gasteiger partial charge >= 0.3 is 0 Å². The van der Waals surface area contributed by atoms with E-state index in [4.69, 9.17) is 24.7 Å². The lowest BCUT2D eigenvalue weighted by molar-refractivity contribution is 0.324. The highest BCUT2D eigenvalue weighted by atomic mass is 16.5. The normalized spacial score (nSPS) is 10.4. The van der Waals surface area contributed by atoms with Gasteiger partial charge in [0.15, 0.2) is 11.5 Å². The minimum absolute atomic E-state index is 0.541. The zero-order chi connectivity index (χ0) is 23.6. The molecular formula is C26H33N3O4. The SMILES string of the molecule is CCc1cc(NCc2cc(OC)c(OC)c(OC)c2)ccc1OCCNc1ccccc1N. The van der Waals surface area contributed by atoms with Gasteiger partial charge in [0, 0.05) is 18.8 Å². The van der Waals surface area contributed by atoms with E-state index >= 15 is 0 Å².